The van der Waals surface area contributed by atoms with Gasteiger partial charge in [0.2, 0.25) is 5.91 Å². The number of hydrogen-bond donors (Lipinski definition) is 2. The van der Waals surface area contributed by atoms with Gasteiger partial charge in [-0.15, -0.1) is 0 Å². The number of nitrogens with zero attached hydrogens (tertiary/aromatic N) is 4. The molecule has 1 aliphatic carbocycles. The van der Waals surface area contributed by atoms with Gasteiger partial charge in [-0.25, -0.2) is 9.78 Å². The van der Waals surface area contributed by atoms with Gasteiger partial charge in [0.1, 0.15) is 5.82 Å². The van der Waals surface area contributed by atoms with Crippen LogP contribution < -0.4 is 16.6 Å². The number of fused-ring (bicyclic) bond motifs is 1. The summed E-state index contributed by atoms with van der Waals surface area (Å²) in [6, 6.07) is 26.7. The molecule has 44 heavy (non-hydrogen) atoms. The molecule has 6 rings (SSSR count). The third-order valence-corrected chi connectivity index (χ3v) is 8.91. The number of imidazole rings is 1. The molecule has 9 nitrogen and oxygen atoms in total. The highest BCUT2D eigenvalue weighted by atomic mass is 16.3. The van der Waals surface area contributed by atoms with E-state index in [1.54, 1.807) is 7.05 Å². The van der Waals surface area contributed by atoms with Crippen molar-refractivity contribution in [3.63, 3.8) is 0 Å². The first kappa shape index (κ1) is 29.3. The van der Waals surface area contributed by atoms with Gasteiger partial charge < -0.3 is 15.0 Å². The quantitative estimate of drug-likeness (QED) is 0.266. The minimum Gasteiger partial charge on any atom is -0.394 e. The normalized spacial score (nSPS) is 15.0. The highest BCUT2D eigenvalue weighted by molar-refractivity contribution is 5.84. The lowest BCUT2D eigenvalue weighted by molar-refractivity contribution is -0.124. The number of aliphatic hydroxyl groups excluding tert-OH is 1. The third-order valence-electron chi connectivity index (χ3n) is 8.91. The van der Waals surface area contributed by atoms with Crippen LogP contribution in [0.2, 0.25) is 0 Å². The predicted molar refractivity (Wildman–Crippen MR) is 170 cm³/mol. The Labute approximate surface area is 255 Å². The molecule has 0 bridgehead atoms. The smallest absolute Gasteiger partial charge is 0.332 e. The molecule has 0 aliphatic heterocycles. The van der Waals surface area contributed by atoms with Crippen molar-refractivity contribution in [3.8, 4) is 11.4 Å². The molecule has 3 aromatic carbocycles. The van der Waals surface area contributed by atoms with Crippen molar-refractivity contribution in [1.82, 2.24) is 24.0 Å². The maximum atomic E-state index is 13.8. The Morgan fingerprint density at radius 2 is 1.52 bits per heavy atom. The molecule has 9 heteroatoms. The standard InChI is InChI=1S/C35H37N5O4/c1-38-32-30(34(43)39(2)35(38)44)40(31(37-32)27-15-7-4-8-16-27)21-23-17-19-26(20-18-23)29(25-13-9-10-14-25)33(42)36-28(22-41)24-11-5-3-6-12-24/h3-8,11-12,15-20,25,28-29,41H,9-10,13-14,21-22H2,1-2H3,(H,36,42)/t28-,29?/m1/s1. The Balaban J connectivity index is 1.35. The molecule has 5 aromatic rings. The molecule has 1 amide bonds. The monoisotopic (exact) mass is 591 g/mol. The highest BCUT2D eigenvalue weighted by Gasteiger charge is 2.33. The fourth-order valence-electron chi connectivity index (χ4n) is 6.53. The van der Waals surface area contributed by atoms with E-state index in [1.165, 1.54) is 11.6 Å². The van der Waals surface area contributed by atoms with E-state index in [1.807, 2.05) is 89.5 Å². The van der Waals surface area contributed by atoms with Crippen LogP contribution in [0, 0.1) is 5.92 Å². The number of carbonyl (C=O) groups excluding carboxylic acids is 1. The number of hydrogen-bond acceptors (Lipinski definition) is 5. The van der Waals surface area contributed by atoms with Gasteiger partial charge in [0, 0.05) is 26.2 Å². The number of aromatic nitrogens is 4. The van der Waals surface area contributed by atoms with E-state index in [0.717, 1.165) is 52.5 Å². The lowest BCUT2D eigenvalue weighted by Gasteiger charge is -2.26. The summed E-state index contributed by atoms with van der Waals surface area (Å²) in [6.45, 7) is 0.176. The van der Waals surface area contributed by atoms with E-state index < -0.39 is 17.3 Å². The molecule has 0 radical (unpaired) electrons. The minimum atomic E-state index is -0.476. The molecule has 0 saturated heterocycles. The van der Waals surface area contributed by atoms with Crippen LogP contribution >= 0.6 is 0 Å². The summed E-state index contributed by atoms with van der Waals surface area (Å²) in [5.41, 5.74) is 3.44. The molecule has 226 valence electrons. The Morgan fingerprint density at radius 3 is 2.16 bits per heavy atom. The number of aliphatic hydroxyl groups is 1. The Bertz CT molecular complexity index is 1890. The minimum absolute atomic E-state index is 0.0797. The van der Waals surface area contributed by atoms with Crippen molar-refractivity contribution >= 4 is 17.1 Å². The summed E-state index contributed by atoms with van der Waals surface area (Å²) < 4.78 is 4.38. The largest absolute Gasteiger partial charge is 0.394 e. The first-order chi connectivity index (χ1) is 21.4. The van der Waals surface area contributed by atoms with E-state index in [-0.39, 0.29) is 24.3 Å². The molecule has 2 aromatic heterocycles. The lowest BCUT2D eigenvalue weighted by Crippen LogP contribution is -2.37. The van der Waals surface area contributed by atoms with Crippen molar-refractivity contribution in [1.29, 1.82) is 0 Å². The van der Waals surface area contributed by atoms with Crippen LogP contribution in [-0.4, -0.2) is 36.3 Å². The number of carbonyl (C=O) groups is 1. The van der Waals surface area contributed by atoms with Crippen LogP contribution in [0.25, 0.3) is 22.6 Å². The number of rotatable bonds is 9. The van der Waals surface area contributed by atoms with Crippen LogP contribution in [0.5, 0.6) is 0 Å². The van der Waals surface area contributed by atoms with Crippen molar-refractivity contribution in [2.45, 2.75) is 44.2 Å². The molecule has 2 heterocycles. The first-order valence-electron chi connectivity index (χ1n) is 15.1. The molecule has 2 N–H and O–H groups in total. The van der Waals surface area contributed by atoms with E-state index in [0.29, 0.717) is 23.5 Å². The number of aryl methyl sites for hydroxylation is 1. The summed E-state index contributed by atoms with van der Waals surface area (Å²) in [4.78, 5) is 44.6. The molecular formula is C35H37N5O4. The van der Waals surface area contributed by atoms with E-state index in [4.69, 9.17) is 4.98 Å². The first-order valence-corrected chi connectivity index (χ1v) is 15.1. The zero-order valence-corrected chi connectivity index (χ0v) is 25.0. The second-order valence-electron chi connectivity index (χ2n) is 11.7. The van der Waals surface area contributed by atoms with Gasteiger partial charge in [0.15, 0.2) is 11.2 Å². The molecule has 0 spiro atoms. The zero-order chi connectivity index (χ0) is 30.8. The van der Waals surface area contributed by atoms with Gasteiger partial charge in [0.25, 0.3) is 5.56 Å². The molecule has 1 unspecified atom stereocenters. The molecule has 1 aliphatic rings. The Kier molecular flexibility index (Phi) is 8.30. The predicted octanol–water partition coefficient (Wildman–Crippen LogP) is 4.27. The molecule has 1 fully saturated rings. The van der Waals surface area contributed by atoms with Gasteiger partial charge in [-0.2, -0.15) is 0 Å². The highest BCUT2D eigenvalue weighted by Crippen LogP contribution is 2.38. The van der Waals surface area contributed by atoms with Crippen LogP contribution in [-0.2, 0) is 25.4 Å². The zero-order valence-electron chi connectivity index (χ0n) is 25.0. The number of nitrogens with one attached hydrogen (secondary N) is 1. The third kappa shape index (κ3) is 5.51. The topological polar surface area (TPSA) is 111 Å². The van der Waals surface area contributed by atoms with Crippen LogP contribution in [0.15, 0.2) is 94.5 Å². The Hall–Kier alpha value is -4.76. The second kappa shape index (κ2) is 12.5. The summed E-state index contributed by atoms with van der Waals surface area (Å²) in [6.07, 6.45) is 4.17. The fourth-order valence-corrected chi connectivity index (χ4v) is 6.53. The second-order valence-corrected chi connectivity index (χ2v) is 11.7. The lowest BCUT2D eigenvalue weighted by atomic mass is 9.83. The molecular weight excluding hydrogens is 554 g/mol. The number of amides is 1. The fraction of sp³-hybridized carbons (Fsp3) is 0.314. The van der Waals surface area contributed by atoms with Crippen molar-refractivity contribution < 1.29 is 9.90 Å². The molecule has 2 atom stereocenters. The van der Waals surface area contributed by atoms with E-state index in [2.05, 4.69) is 5.32 Å². The van der Waals surface area contributed by atoms with Crippen molar-refractivity contribution in [3.05, 3.63) is 122 Å². The van der Waals surface area contributed by atoms with E-state index >= 15 is 0 Å². The van der Waals surface area contributed by atoms with Crippen LogP contribution in [0.4, 0.5) is 0 Å². The van der Waals surface area contributed by atoms with Gasteiger partial charge in [-0.1, -0.05) is 97.8 Å². The Morgan fingerprint density at radius 1 is 0.886 bits per heavy atom. The van der Waals surface area contributed by atoms with Crippen LogP contribution in [0.3, 0.4) is 0 Å². The SMILES string of the molecule is Cn1c(=O)c2c(nc(-c3ccccc3)n2Cc2ccc(C(C(=O)N[C@H](CO)c3ccccc3)C3CCCC3)cc2)n(C)c1=O. The van der Waals surface area contributed by atoms with Crippen molar-refractivity contribution in [2.75, 3.05) is 6.61 Å². The summed E-state index contributed by atoms with van der Waals surface area (Å²) in [7, 11) is 3.10. The summed E-state index contributed by atoms with van der Waals surface area (Å²) in [5, 5.41) is 13.2. The van der Waals surface area contributed by atoms with E-state index in [9.17, 15) is 19.5 Å². The summed E-state index contributed by atoms with van der Waals surface area (Å²) >= 11 is 0. The number of benzene rings is 3. The van der Waals surface area contributed by atoms with Gasteiger partial charge >= 0.3 is 5.69 Å². The average Bonchev–Trinajstić information content (AvgIpc) is 3.72. The average molecular weight is 592 g/mol. The van der Waals surface area contributed by atoms with Gasteiger partial charge in [0.05, 0.1) is 18.6 Å². The van der Waals surface area contributed by atoms with Gasteiger partial charge in [-0.3, -0.25) is 18.7 Å². The summed E-state index contributed by atoms with van der Waals surface area (Å²) in [5.74, 6) is 0.411. The van der Waals surface area contributed by atoms with Gasteiger partial charge in [-0.05, 0) is 35.4 Å². The maximum absolute atomic E-state index is 13.8. The van der Waals surface area contributed by atoms with Crippen molar-refractivity contribution in [2.24, 2.45) is 20.0 Å². The van der Waals surface area contributed by atoms with Crippen LogP contribution in [0.1, 0.15) is 54.3 Å². The molecule has 1 saturated carbocycles. The maximum Gasteiger partial charge on any atom is 0.332 e.